The number of amides is 1. The number of hydrogen-bond acceptors (Lipinski definition) is 7. The lowest BCUT2D eigenvalue weighted by atomic mass is 9.60. The van der Waals surface area contributed by atoms with E-state index >= 15 is 0 Å². The lowest BCUT2D eigenvalue weighted by Crippen LogP contribution is -2.57. The van der Waals surface area contributed by atoms with Gasteiger partial charge < -0.3 is 29.8 Å². The number of aldehydes is 1. The maximum Gasteiger partial charge on any atom is 0.328 e. The summed E-state index contributed by atoms with van der Waals surface area (Å²) in [6, 6.07) is -0.838. The van der Waals surface area contributed by atoms with Crippen LogP contribution in [-0.2, 0) is 23.9 Å². The monoisotopic (exact) mass is 489 g/mol. The SMILES string of the molecule is C=C1C[C@]23C[C@@]1(O)CC[C@H]2C1=C[C@@H](OC)[C@H](O)[C@@](C)(C=O)[C@H]1[C@@H]3C(=O)N[C@H](C(=O)OC)[C@@H](C)CC. The van der Waals surface area contributed by atoms with Gasteiger partial charge in [0, 0.05) is 13.0 Å². The number of carbonyl (C=O) groups excluding carboxylic acids is 3. The average Bonchev–Trinajstić information content (AvgIpc) is 3.23. The van der Waals surface area contributed by atoms with Crippen molar-refractivity contribution >= 4 is 18.2 Å². The number of aliphatic hydroxyl groups excluding tert-OH is 1. The Hall–Kier alpha value is -2.03. The molecule has 4 aliphatic rings. The molecule has 8 nitrogen and oxygen atoms in total. The molecule has 3 fully saturated rings. The number of aliphatic hydroxyl groups is 2. The van der Waals surface area contributed by atoms with Crippen molar-refractivity contribution in [3.8, 4) is 0 Å². The van der Waals surface area contributed by atoms with Gasteiger partial charge in [0.05, 0.1) is 30.1 Å². The summed E-state index contributed by atoms with van der Waals surface area (Å²) in [7, 11) is 2.79. The third-order valence-corrected chi connectivity index (χ3v) is 9.83. The summed E-state index contributed by atoms with van der Waals surface area (Å²) in [5, 5.41) is 25.5. The summed E-state index contributed by atoms with van der Waals surface area (Å²) in [4.78, 5) is 39.4. The van der Waals surface area contributed by atoms with Crippen LogP contribution in [0.4, 0.5) is 0 Å². The first-order valence-electron chi connectivity index (χ1n) is 12.6. The molecule has 4 rings (SSSR count). The van der Waals surface area contributed by atoms with Crippen molar-refractivity contribution in [1.82, 2.24) is 5.32 Å². The molecule has 1 spiro atoms. The zero-order chi connectivity index (χ0) is 25.9. The van der Waals surface area contributed by atoms with Crippen LogP contribution < -0.4 is 5.32 Å². The normalized spacial score (nSPS) is 43.5. The van der Waals surface area contributed by atoms with Gasteiger partial charge in [0.25, 0.3) is 0 Å². The van der Waals surface area contributed by atoms with Crippen molar-refractivity contribution in [2.24, 2.45) is 34.5 Å². The van der Waals surface area contributed by atoms with Gasteiger partial charge in [-0.3, -0.25) is 4.79 Å². The molecule has 0 aromatic carbocycles. The molecule has 0 unspecified atom stereocenters. The van der Waals surface area contributed by atoms with Crippen molar-refractivity contribution < 1.29 is 34.1 Å². The zero-order valence-corrected chi connectivity index (χ0v) is 21.4. The van der Waals surface area contributed by atoms with Crippen LogP contribution in [0.15, 0.2) is 23.8 Å². The summed E-state index contributed by atoms with van der Waals surface area (Å²) < 4.78 is 10.5. The Morgan fingerprint density at radius 1 is 1.37 bits per heavy atom. The Labute approximate surface area is 207 Å². The lowest BCUT2D eigenvalue weighted by molar-refractivity contribution is -0.152. The molecule has 10 atom stereocenters. The van der Waals surface area contributed by atoms with Crippen LogP contribution in [0.1, 0.15) is 52.9 Å². The summed E-state index contributed by atoms with van der Waals surface area (Å²) in [6.45, 7) is 9.66. The third kappa shape index (κ3) is 3.55. The summed E-state index contributed by atoms with van der Waals surface area (Å²) in [5.74, 6) is -2.42. The van der Waals surface area contributed by atoms with E-state index in [0.29, 0.717) is 37.7 Å². The van der Waals surface area contributed by atoms with Gasteiger partial charge >= 0.3 is 5.97 Å². The molecule has 3 saturated carbocycles. The van der Waals surface area contributed by atoms with Gasteiger partial charge in [0.15, 0.2) is 0 Å². The summed E-state index contributed by atoms with van der Waals surface area (Å²) in [6.07, 6.45) is 3.48. The number of allylic oxidation sites excluding steroid dienone is 1. The second-order valence-electron chi connectivity index (χ2n) is 11.5. The van der Waals surface area contributed by atoms with Crippen molar-refractivity contribution in [3.63, 3.8) is 0 Å². The quantitative estimate of drug-likeness (QED) is 0.284. The molecule has 0 aromatic heterocycles. The van der Waals surface area contributed by atoms with Crippen LogP contribution in [0.3, 0.4) is 0 Å². The summed E-state index contributed by atoms with van der Waals surface area (Å²) in [5.41, 5.74) is -1.35. The Bertz CT molecular complexity index is 961. The van der Waals surface area contributed by atoms with Crippen molar-refractivity contribution in [3.05, 3.63) is 23.8 Å². The minimum Gasteiger partial charge on any atom is -0.467 e. The Balaban J connectivity index is 1.86. The molecule has 194 valence electrons. The number of carbonyl (C=O) groups is 3. The molecular weight excluding hydrogens is 450 g/mol. The van der Waals surface area contributed by atoms with E-state index in [1.165, 1.54) is 14.2 Å². The standard InChI is InChI=1S/C27H39NO7/c1-7-14(2)21(24(32)35-6)28-23(31)20-19-16(10-18(34-5)22(30)25(19,4)13-29)17-8-9-27(33)12-26(17,20)11-15(27)3/h10,13-14,17-22,30,33H,3,7-9,11-12H2,1-2,4-6H3,(H,28,31)/t14-,17-,18+,19+,20+,21-,22-,25-,26-,27-/m0/s1. The van der Waals surface area contributed by atoms with Crippen LogP contribution in [0.2, 0.25) is 0 Å². The molecule has 8 heteroatoms. The van der Waals surface area contributed by atoms with Gasteiger partial charge in [0.2, 0.25) is 5.91 Å². The molecule has 0 aromatic rings. The minimum atomic E-state index is -1.28. The summed E-state index contributed by atoms with van der Waals surface area (Å²) >= 11 is 0. The maximum atomic E-state index is 14.2. The van der Waals surface area contributed by atoms with Gasteiger partial charge in [-0.15, -0.1) is 0 Å². The van der Waals surface area contributed by atoms with E-state index in [4.69, 9.17) is 9.47 Å². The van der Waals surface area contributed by atoms with Crippen LogP contribution in [0.25, 0.3) is 0 Å². The molecule has 0 heterocycles. The van der Waals surface area contributed by atoms with Crippen molar-refractivity contribution in [1.29, 1.82) is 0 Å². The smallest absolute Gasteiger partial charge is 0.328 e. The van der Waals surface area contributed by atoms with E-state index in [9.17, 15) is 24.6 Å². The third-order valence-electron chi connectivity index (χ3n) is 9.83. The van der Waals surface area contributed by atoms with Crippen LogP contribution in [-0.4, -0.2) is 66.4 Å². The molecule has 1 amide bonds. The van der Waals surface area contributed by atoms with E-state index in [-0.39, 0.29) is 17.7 Å². The van der Waals surface area contributed by atoms with Gasteiger partial charge in [-0.25, -0.2) is 4.79 Å². The van der Waals surface area contributed by atoms with Gasteiger partial charge in [-0.1, -0.05) is 38.5 Å². The number of nitrogens with one attached hydrogen (secondary N) is 1. The Morgan fingerprint density at radius 2 is 2.06 bits per heavy atom. The second-order valence-corrected chi connectivity index (χ2v) is 11.5. The number of rotatable bonds is 7. The molecule has 3 N–H and O–H groups in total. The van der Waals surface area contributed by atoms with Crippen molar-refractivity contribution in [2.45, 2.75) is 76.7 Å². The fourth-order valence-electron chi connectivity index (χ4n) is 7.70. The van der Waals surface area contributed by atoms with E-state index in [0.717, 1.165) is 11.9 Å². The van der Waals surface area contributed by atoms with Gasteiger partial charge in [-0.2, -0.15) is 0 Å². The van der Waals surface area contributed by atoms with Gasteiger partial charge in [-0.05, 0) is 55.4 Å². The maximum absolute atomic E-state index is 14.2. The molecule has 4 aliphatic carbocycles. The highest BCUT2D eigenvalue weighted by Crippen LogP contribution is 2.73. The number of methoxy groups -OCH3 is 2. The number of ether oxygens (including phenoxy) is 2. The highest BCUT2D eigenvalue weighted by molar-refractivity contribution is 5.88. The molecular formula is C27H39NO7. The number of fused-ring (bicyclic) bond motifs is 3. The molecule has 0 radical (unpaired) electrons. The Morgan fingerprint density at radius 3 is 2.63 bits per heavy atom. The first-order valence-corrected chi connectivity index (χ1v) is 12.6. The number of esters is 1. The largest absolute Gasteiger partial charge is 0.467 e. The first-order chi connectivity index (χ1) is 16.4. The fourth-order valence-corrected chi connectivity index (χ4v) is 7.70. The highest BCUT2D eigenvalue weighted by Gasteiger charge is 2.72. The van der Waals surface area contributed by atoms with Crippen LogP contribution in [0, 0.1) is 34.5 Å². The average molecular weight is 490 g/mol. The molecule has 35 heavy (non-hydrogen) atoms. The molecule has 0 aliphatic heterocycles. The van der Waals surface area contributed by atoms with E-state index in [1.54, 1.807) is 6.92 Å². The predicted molar refractivity (Wildman–Crippen MR) is 128 cm³/mol. The first kappa shape index (κ1) is 26.0. The number of hydrogen-bond donors (Lipinski definition) is 3. The van der Waals surface area contributed by atoms with Crippen LogP contribution in [0.5, 0.6) is 0 Å². The van der Waals surface area contributed by atoms with E-state index in [2.05, 4.69) is 11.9 Å². The van der Waals surface area contributed by atoms with Crippen LogP contribution >= 0.6 is 0 Å². The molecule has 0 saturated heterocycles. The Kier molecular flexibility index (Phi) is 6.56. The minimum absolute atomic E-state index is 0.0626. The van der Waals surface area contributed by atoms with Gasteiger partial charge in [0.1, 0.15) is 18.4 Å². The predicted octanol–water partition coefficient (Wildman–Crippen LogP) is 1.93. The van der Waals surface area contributed by atoms with Crippen molar-refractivity contribution in [2.75, 3.05) is 14.2 Å². The zero-order valence-electron chi connectivity index (χ0n) is 21.4. The molecule has 2 bridgehead atoms. The van der Waals surface area contributed by atoms with E-state index < -0.39 is 52.5 Å². The lowest BCUT2D eigenvalue weighted by Gasteiger charge is -2.45. The highest BCUT2D eigenvalue weighted by atomic mass is 16.5. The topological polar surface area (TPSA) is 122 Å². The second kappa shape index (κ2) is 8.82. The fraction of sp³-hybridized carbons (Fsp3) is 0.741. The van der Waals surface area contributed by atoms with E-state index in [1.807, 2.05) is 19.9 Å².